The van der Waals surface area contributed by atoms with E-state index >= 15 is 0 Å². The summed E-state index contributed by atoms with van der Waals surface area (Å²) in [7, 11) is 3.12. The van der Waals surface area contributed by atoms with Gasteiger partial charge in [-0.15, -0.1) is 0 Å². The topological polar surface area (TPSA) is 117 Å². The van der Waals surface area contributed by atoms with Crippen molar-refractivity contribution in [1.82, 2.24) is 5.32 Å². The van der Waals surface area contributed by atoms with Crippen molar-refractivity contribution in [3.63, 3.8) is 0 Å². The van der Waals surface area contributed by atoms with Crippen molar-refractivity contribution in [3.8, 4) is 11.5 Å². The van der Waals surface area contributed by atoms with Gasteiger partial charge in [0.05, 0.1) is 37.2 Å². The van der Waals surface area contributed by atoms with E-state index in [0.29, 0.717) is 34.0 Å². The summed E-state index contributed by atoms with van der Waals surface area (Å²) in [4.78, 5) is 37.6. The molecule has 1 aliphatic heterocycles. The van der Waals surface area contributed by atoms with E-state index in [2.05, 4.69) is 5.32 Å². The predicted molar refractivity (Wildman–Crippen MR) is 132 cm³/mol. The zero-order valence-corrected chi connectivity index (χ0v) is 20.6. The Balaban J connectivity index is 1.83. The second-order valence-corrected chi connectivity index (χ2v) is 8.70. The summed E-state index contributed by atoms with van der Waals surface area (Å²) in [5.41, 5.74) is 2.81. The van der Waals surface area contributed by atoms with Crippen molar-refractivity contribution in [3.05, 3.63) is 86.7 Å². The molecular formula is C27H28N2O7. The molecule has 2 aromatic rings. The fourth-order valence-electron chi connectivity index (χ4n) is 5.04. The van der Waals surface area contributed by atoms with Crippen LogP contribution in [0.5, 0.6) is 11.5 Å². The van der Waals surface area contributed by atoms with Crippen LogP contribution in [-0.4, -0.2) is 37.5 Å². The van der Waals surface area contributed by atoms with Crippen LogP contribution < -0.4 is 14.8 Å². The van der Waals surface area contributed by atoms with Crippen LogP contribution in [0.25, 0.3) is 0 Å². The van der Waals surface area contributed by atoms with Crippen LogP contribution in [0.15, 0.2) is 65.5 Å². The van der Waals surface area contributed by atoms with E-state index < -0.39 is 22.7 Å². The van der Waals surface area contributed by atoms with Crippen LogP contribution in [0.2, 0.25) is 0 Å². The van der Waals surface area contributed by atoms with E-state index in [1.54, 1.807) is 46.3 Å². The summed E-state index contributed by atoms with van der Waals surface area (Å²) in [6.07, 6.45) is 2.19. The van der Waals surface area contributed by atoms with Gasteiger partial charge in [-0.05, 0) is 37.1 Å². The highest BCUT2D eigenvalue weighted by molar-refractivity contribution is 5.96. The lowest BCUT2D eigenvalue weighted by Gasteiger charge is -2.39. The average Bonchev–Trinajstić information content (AvgIpc) is 2.87. The van der Waals surface area contributed by atoms with Gasteiger partial charge in [0.25, 0.3) is 5.69 Å². The van der Waals surface area contributed by atoms with Gasteiger partial charge in [0.15, 0.2) is 11.5 Å². The maximum Gasteiger partial charge on any atom is 0.336 e. The highest BCUT2D eigenvalue weighted by Crippen LogP contribution is 2.47. The molecule has 3 unspecified atom stereocenters. The van der Waals surface area contributed by atoms with Gasteiger partial charge >= 0.3 is 5.97 Å². The molecule has 2 aliphatic rings. The van der Waals surface area contributed by atoms with Crippen molar-refractivity contribution in [2.75, 3.05) is 20.8 Å². The van der Waals surface area contributed by atoms with Crippen LogP contribution in [0.1, 0.15) is 43.2 Å². The molecule has 0 radical (unpaired) electrons. The largest absolute Gasteiger partial charge is 0.493 e. The van der Waals surface area contributed by atoms with Gasteiger partial charge in [-0.1, -0.05) is 24.3 Å². The fourth-order valence-corrected chi connectivity index (χ4v) is 5.04. The third-order valence-corrected chi connectivity index (χ3v) is 6.64. The summed E-state index contributed by atoms with van der Waals surface area (Å²) >= 11 is 0. The highest BCUT2D eigenvalue weighted by Gasteiger charge is 2.45. The zero-order valence-electron chi connectivity index (χ0n) is 20.6. The molecule has 1 heterocycles. The minimum atomic E-state index is -0.713. The number of methoxy groups -OCH3 is 2. The Kier molecular flexibility index (Phi) is 7.10. The zero-order chi connectivity index (χ0) is 26.0. The van der Waals surface area contributed by atoms with E-state index in [4.69, 9.17) is 14.2 Å². The molecule has 188 valence electrons. The molecule has 36 heavy (non-hydrogen) atoms. The third-order valence-electron chi connectivity index (χ3n) is 6.64. The predicted octanol–water partition coefficient (Wildman–Crippen LogP) is 4.39. The van der Waals surface area contributed by atoms with E-state index in [-0.39, 0.29) is 30.4 Å². The molecule has 3 atom stereocenters. The monoisotopic (exact) mass is 492 g/mol. The van der Waals surface area contributed by atoms with Gasteiger partial charge < -0.3 is 19.5 Å². The highest BCUT2D eigenvalue weighted by atomic mass is 16.6. The minimum absolute atomic E-state index is 0.0782. The van der Waals surface area contributed by atoms with Crippen molar-refractivity contribution in [1.29, 1.82) is 0 Å². The normalized spacial score (nSPS) is 21.2. The summed E-state index contributed by atoms with van der Waals surface area (Å²) in [6, 6.07) is 11.6. The SMILES string of the molecule is CCOC(=O)C1=C(C)NC2=CC(c3ccc(OC)c(OC)c3)CC(=O)C2C1c1cccc([N+](=O)[O-])c1. The smallest absolute Gasteiger partial charge is 0.336 e. The molecule has 0 fully saturated rings. The molecule has 2 aromatic carbocycles. The first-order valence-electron chi connectivity index (χ1n) is 11.6. The Bertz CT molecular complexity index is 1280. The number of hydrogen-bond acceptors (Lipinski definition) is 8. The number of Topliss-reactive ketones (excluding diaryl/α,β-unsaturated/α-hetero) is 1. The number of ketones is 1. The van der Waals surface area contributed by atoms with Crippen molar-refractivity contribution in [2.24, 2.45) is 5.92 Å². The lowest BCUT2D eigenvalue weighted by atomic mass is 9.68. The number of carbonyl (C=O) groups excluding carboxylic acids is 2. The second-order valence-electron chi connectivity index (χ2n) is 8.70. The first-order chi connectivity index (χ1) is 17.3. The number of nitro benzene ring substituents is 1. The van der Waals surface area contributed by atoms with Gasteiger partial charge in [0.1, 0.15) is 5.78 Å². The number of carbonyl (C=O) groups is 2. The van der Waals surface area contributed by atoms with Crippen LogP contribution in [0.3, 0.4) is 0 Å². The number of fused-ring (bicyclic) bond motifs is 1. The number of rotatable bonds is 7. The number of ether oxygens (including phenoxy) is 3. The number of nitrogens with zero attached hydrogens (tertiary/aromatic N) is 1. The number of hydrogen-bond donors (Lipinski definition) is 1. The molecule has 0 aromatic heterocycles. The molecule has 9 heteroatoms. The van der Waals surface area contributed by atoms with Gasteiger partial charge in [0, 0.05) is 41.8 Å². The molecular weight excluding hydrogens is 464 g/mol. The second kappa shape index (κ2) is 10.2. The number of non-ortho nitro benzene ring substituents is 1. The van der Waals surface area contributed by atoms with Crippen molar-refractivity contribution < 1.29 is 28.7 Å². The quantitative estimate of drug-likeness (QED) is 0.344. The number of allylic oxidation sites excluding steroid dienone is 3. The Morgan fingerprint density at radius 1 is 1.08 bits per heavy atom. The lowest BCUT2D eigenvalue weighted by molar-refractivity contribution is -0.384. The molecule has 0 saturated carbocycles. The van der Waals surface area contributed by atoms with E-state index in [1.807, 2.05) is 18.2 Å². The first-order valence-corrected chi connectivity index (χ1v) is 11.6. The maximum absolute atomic E-state index is 13.7. The number of nitro groups is 1. The molecule has 0 bridgehead atoms. The Morgan fingerprint density at radius 3 is 2.50 bits per heavy atom. The van der Waals surface area contributed by atoms with Crippen molar-refractivity contribution in [2.45, 2.75) is 32.1 Å². The van der Waals surface area contributed by atoms with Gasteiger partial charge in [0.2, 0.25) is 0 Å². The molecule has 1 N–H and O–H groups in total. The number of esters is 1. The molecule has 9 nitrogen and oxygen atoms in total. The molecule has 0 saturated heterocycles. The van der Waals surface area contributed by atoms with Gasteiger partial charge in [-0.25, -0.2) is 4.79 Å². The minimum Gasteiger partial charge on any atom is -0.493 e. The molecule has 4 rings (SSSR count). The number of benzene rings is 2. The standard InChI is InChI=1S/C27H28N2O7/c1-5-36-27(31)24-15(2)28-20-12-18(16-9-10-22(34-3)23(14-16)35-4)13-21(30)26(20)25(24)17-7-6-8-19(11-17)29(32)33/h6-12,14,18,25-26,28H,5,13H2,1-4H3. The summed E-state index contributed by atoms with van der Waals surface area (Å²) in [5.74, 6) is -1.11. The molecule has 1 aliphatic carbocycles. The van der Waals surface area contributed by atoms with Gasteiger partial charge in [-0.3, -0.25) is 14.9 Å². The maximum atomic E-state index is 13.7. The Hall–Kier alpha value is -4.14. The van der Waals surface area contributed by atoms with E-state index in [0.717, 1.165) is 5.56 Å². The van der Waals surface area contributed by atoms with Crippen LogP contribution >= 0.6 is 0 Å². The Morgan fingerprint density at radius 2 is 1.83 bits per heavy atom. The van der Waals surface area contributed by atoms with E-state index in [9.17, 15) is 19.7 Å². The van der Waals surface area contributed by atoms with Gasteiger partial charge in [-0.2, -0.15) is 0 Å². The Labute approximate surface area is 208 Å². The third kappa shape index (κ3) is 4.56. The summed E-state index contributed by atoms with van der Waals surface area (Å²) < 4.78 is 16.1. The summed E-state index contributed by atoms with van der Waals surface area (Å²) in [5, 5.41) is 14.7. The molecule has 0 spiro atoms. The lowest BCUT2D eigenvalue weighted by Crippen LogP contribution is -2.42. The fraction of sp³-hybridized carbons (Fsp3) is 0.333. The van der Waals surface area contributed by atoms with Crippen LogP contribution in [-0.2, 0) is 14.3 Å². The average molecular weight is 493 g/mol. The first kappa shape index (κ1) is 25.0. The molecule has 0 amide bonds. The van der Waals surface area contributed by atoms with Crippen LogP contribution in [0, 0.1) is 16.0 Å². The van der Waals surface area contributed by atoms with E-state index in [1.165, 1.54) is 12.1 Å². The van der Waals surface area contributed by atoms with Crippen molar-refractivity contribution >= 4 is 17.4 Å². The number of nitrogens with one attached hydrogen (secondary N) is 1. The van der Waals surface area contributed by atoms with Crippen LogP contribution in [0.4, 0.5) is 5.69 Å². The summed E-state index contributed by atoms with van der Waals surface area (Å²) in [6.45, 7) is 3.62.